The molecule has 0 aromatic carbocycles. The molecule has 1 aromatic rings. The molecule has 0 saturated heterocycles. The third-order valence-electron chi connectivity index (χ3n) is 2.27. The lowest BCUT2D eigenvalue weighted by atomic mass is 10.1. The van der Waals surface area contributed by atoms with Crippen molar-refractivity contribution < 1.29 is 4.74 Å². The van der Waals surface area contributed by atoms with E-state index in [2.05, 4.69) is 11.9 Å². The zero-order valence-corrected chi connectivity index (χ0v) is 9.08. The highest BCUT2D eigenvalue weighted by atomic mass is 16.5. The molecule has 14 heavy (non-hydrogen) atoms. The molecular formula is C11H18N2O. The molecule has 1 aromatic heterocycles. The number of aromatic nitrogens is 1. The smallest absolute Gasteiger partial charge is 0.214 e. The Kier molecular flexibility index (Phi) is 3.47. The number of hydrogen-bond donors (Lipinski definition) is 1. The zero-order chi connectivity index (χ0) is 10.6. The molecule has 0 fully saturated rings. The molecule has 2 N–H and O–H groups in total. The molecule has 0 unspecified atom stereocenters. The molecule has 78 valence electrons. The number of hydrogen-bond acceptors (Lipinski definition) is 3. The summed E-state index contributed by atoms with van der Waals surface area (Å²) in [5.41, 5.74) is 6.41. The second-order valence-electron chi connectivity index (χ2n) is 3.92. The van der Waals surface area contributed by atoms with E-state index in [0.717, 1.165) is 12.0 Å². The lowest BCUT2D eigenvalue weighted by Crippen LogP contribution is -2.27. The van der Waals surface area contributed by atoms with Gasteiger partial charge in [-0.05, 0) is 31.9 Å². The minimum atomic E-state index is -0.166. The Hall–Kier alpha value is -1.09. The van der Waals surface area contributed by atoms with E-state index in [4.69, 9.17) is 10.5 Å². The topological polar surface area (TPSA) is 48.1 Å². The van der Waals surface area contributed by atoms with Gasteiger partial charge in [-0.3, -0.25) is 0 Å². The van der Waals surface area contributed by atoms with Gasteiger partial charge < -0.3 is 10.5 Å². The Morgan fingerprint density at radius 1 is 1.50 bits per heavy atom. The Bertz CT molecular complexity index is 297. The third kappa shape index (κ3) is 3.00. The Labute approximate surface area is 85.3 Å². The fraction of sp³-hybridized carbons (Fsp3) is 0.545. The van der Waals surface area contributed by atoms with E-state index >= 15 is 0 Å². The summed E-state index contributed by atoms with van der Waals surface area (Å²) < 4.78 is 5.73. The predicted octanol–water partition coefficient (Wildman–Crippen LogP) is 2.11. The maximum Gasteiger partial charge on any atom is 0.214 e. The van der Waals surface area contributed by atoms with Crippen LogP contribution >= 0.6 is 0 Å². The average Bonchev–Trinajstić information content (AvgIpc) is 2.17. The first-order valence-corrected chi connectivity index (χ1v) is 4.91. The van der Waals surface area contributed by atoms with Crippen LogP contribution in [0.25, 0.3) is 0 Å². The molecule has 0 spiro atoms. The highest BCUT2D eigenvalue weighted by Gasteiger charge is 2.17. The van der Waals surface area contributed by atoms with Gasteiger partial charge in [0.1, 0.15) is 5.60 Å². The van der Waals surface area contributed by atoms with E-state index < -0.39 is 0 Å². The van der Waals surface area contributed by atoms with Gasteiger partial charge in [0.25, 0.3) is 0 Å². The summed E-state index contributed by atoms with van der Waals surface area (Å²) in [4.78, 5) is 4.14. The number of ether oxygens (including phenoxy) is 1. The molecule has 0 bridgehead atoms. The number of rotatable bonds is 4. The first-order chi connectivity index (χ1) is 6.57. The fourth-order valence-corrected chi connectivity index (χ4v) is 0.988. The van der Waals surface area contributed by atoms with Crippen molar-refractivity contribution in [2.24, 2.45) is 5.73 Å². The van der Waals surface area contributed by atoms with Crippen LogP contribution in [-0.2, 0) is 6.54 Å². The highest BCUT2D eigenvalue weighted by Crippen LogP contribution is 2.19. The van der Waals surface area contributed by atoms with Crippen molar-refractivity contribution >= 4 is 0 Å². The monoisotopic (exact) mass is 194 g/mol. The van der Waals surface area contributed by atoms with Crippen LogP contribution in [0.5, 0.6) is 5.88 Å². The number of nitrogens with zero attached hydrogens (tertiary/aromatic N) is 1. The van der Waals surface area contributed by atoms with Gasteiger partial charge in [-0.2, -0.15) is 0 Å². The Balaban J connectivity index is 2.76. The summed E-state index contributed by atoms with van der Waals surface area (Å²) in [5, 5.41) is 0. The van der Waals surface area contributed by atoms with E-state index in [1.165, 1.54) is 0 Å². The Morgan fingerprint density at radius 2 is 2.21 bits per heavy atom. The van der Waals surface area contributed by atoms with E-state index in [1.54, 1.807) is 6.20 Å². The third-order valence-corrected chi connectivity index (χ3v) is 2.27. The van der Waals surface area contributed by atoms with E-state index in [1.807, 2.05) is 26.0 Å². The van der Waals surface area contributed by atoms with Crippen LogP contribution in [-0.4, -0.2) is 10.6 Å². The summed E-state index contributed by atoms with van der Waals surface area (Å²) in [6.07, 6.45) is 2.67. The maximum atomic E-state index is 5.73. The van der Waals surface area contributed by atoms with E-state index in [-0.39, 0.29) is 5.60 Å². The van der Waals surface area contributed by atoms with Crippen molar-refractivity contribution in [3.05, 3.63) is 23.9 Å². The van der Waals surface area contributed by atoms with Crippen LogP contribution in [0, 0.1) is 0 Å². The second-order valence-corrected chi connectivity index (χ2v) is 3.92. The average molecular weight is 194 g/mol. The number of nitrogens with two attached hydrogens (primary N) is 1. The first kappa shape index (κ1) is 11.0. The van der Waals surface area contributed by atoms with Crippen molar-refractivity contribution in [1.29, 1.82) is 0 Å². The molecule has 3 heteroatoms. The normalized spacial score (nSPS) is 11.4. The summed E-state index contributed by atoms with van der Waals surface area (Å²) in [6.45, 7) is 6.70. The van der Waals surface area contributed by atoms with Crippen molar-refractivity contribution in [3.63, 3.8) is 0 Å². The zero-order valence-electron chi connectivity index (χ0n) is 9.08. The van der Waals surface area contributed by atoms with Gasteiger partial charge in [-0.1, -0.05) is 6.92 Å². The van der Waals surface area contributed by atoms with Crippen molar-refractivity contribution in [1.82, 2.24) is 4.98 Å². The molecule has 0 aliphatic heterocycles. The molecule has 0 aliphatic carbocycles. The predicted molar refractivity (Wildman–Crippen MR) is 57.1 cm³/mol. The summed E-state index contributed by atoms with van der Waals surface area (Å²) in [5.74, 6) is 0.653. The molecule has 0 aliphatic rings. The Morgan fingerprint density at radius 3 is 2.79 bits per heavy atom. The van der Waals surface area contributed by atoms with Crippen LogP contribution in [0.3, 0.4) is 0 Å². The summed E-state index contributed by atoms with van der Waals surface area (Å²) in [7, 11) is 0. The lowest BCUT2D eigenvalue weighted by Gasteiger charge is -2.24. The SMILES string of the molecule is CCC(C)(C)Oc1cc(CN)ccn1. The summed E-state index contributed by atoms with van der Waals surface area (Å²) >= 11 is 0. The van der Waals surface area contributed by atoms with Crippen molar-refractivity contribution in [3.8, 4) is 5.88 Å². The lowest BCUT2D eigenvalue weighted by molar-refractivity contribution is 0.0989. The molecule has 0 radical (unpaired) electrons. The van der Waals surface area contributed by atoms with Crippen molar-refractivity contribution in [2.75, 3.05) is 0 Å². The fourth-order valence-electron chi connectivity index (χ4n) is 0.988. The molecule has 1 heterocycles. The van der Waals surface area contributed by atoms with Crippen molar-refractivity contribution in [2.45, 2.75) is 39.3 Å². The van der Waals surface area contributed by atoms with Gasteiger partial charge in [0.2, 0.25) is 5.88 Å². The van der Waals surface area contributed by atoms with E-state index in [9.17, 15) is 0 Å². The van der Waals surface area contributed by atoms with Gasteiger partial charge in [-0.25, -0.2) is 4.98 Å². The van der Waals surface area contributed by atoms with Gasteiger partial charge >= 0.3 is 0 Å². The molecule has 0 amide bonds. The molecule has 0 saturated carbocycles. The van der Waals surface area contributed by atoms with Crippen LogP contribution < -0.4 is 10.5 Å². The van der Waals surface area contributed by atoms with Crippen LogP contribution in [0.2, 0.25) is 0 Å². The number of pyridine rings is 1. The molecular weight excluding hydrogens is 176 g/mol. The van der Waals surface area contributed by atoms with Crippen LogP contribution in [0.1, 0.15) is 32.8 Å². The maximum absolute atomic E-state index is 5.73. The molecule has 1 rings (SSSR count). The quantitative estimate of drug-likeness (QED) is 0.798. The summed E-state index contributed by atoms with van der Waals surface area (Å²) in [6, 6.07) is 3.78. The standard InChI is InChI=1S/C11H18N2O/c1-4-11(2,3)14-10-7-9(8-12)5-6-13-10/h5-7H,4,8,12H2,1-3H3. The van der Waals surface area contributed by atoms with Gasteiger partial charge in [0, 0.05) is 18.8 Å². The van der Waals surface area contributed by atoms with Crippen LogP contribution in [0.4, 0.5) is 0 Å². The second kappa shape index (κ2) is 4.42. The molecule has 3 nitrogen and oxygen atoms in total. The minimum Gasteiger partial charge on any atom is -0.472 e. The largest absolute Gasteiger partial charge is 0.472 e. The van der Waals surface area contributed by atoms with Crippen LogP contribution in [0.15, 0.2) is 18.3 Å². The van der Waals surface area contributed by atoms with E-state index in [0.29, 0.717) is 12.4 Å². The highest BCUT2D eigenvalue weighted by molar-refractivity contribution is 5.20. The minimum absolute atomic E-state index is 0.166. The van der Waals surface area contributed by atoms with Gasteiger partial charge in [-0.15, -0.1) is 0 Å². The van der Waals surface area contributed by atoms with Gasteiger partial charge in [0.05, 0.1) is 0 Å². The first-order valence-electron chi connectivity index (χ1n) is 4.91. The van der Waals surface area contributed by atoms with Gasteiger partial charge in [0.15, 0.2) is 0 Å². The molecule has 0 atom stereocenters.